The number of ether oxygens (including phenoxy) is 1. The van der Waals surface area contributed by atoms with Gasteiger partial charge < -0.3 is 10.1 Å². The number of aromatic nitrogens is 4. The third kappa shape index (κ3) is 2.56. The van der Waals surface area contributed by atoms with Gasteiger partial charge in [0.15, 0.2) is 5.65 Å². The van der Waals surface area contributed by atoms with Crippen molar-refractivity contribution in [2.45, 2.75) is 32.7 Å². The average Bonchev–Trinajstić information content (AvgIpc) is 2.94. The molecule has 1 fully saturated rings. The van der Waals surface area contributed by atoms with Gasteiger partial charge in [-0.2, -0.15) is 5.10 Å². The summed E-state index contributed by atoms with van der Waals surface area (Å²) in [7, 11) is 1.73. The van der Waals surface area contributed by atoms with Crippen LogP contribution in [0, 0.1) is 13.8 Å². The van der Waals surface area contributed by atoms with Gasteiger partial charge in [-0.15, -0.1) is 0 Å². The van der Waals surface area contributed by atoms with E-state index >= 15 is 0 Å². The summed E-state index contributed by atoms with van der Waals surface area (Å²) in [4.78, 5) is 8.55. The maximum absolute atomic E-state index is 6.60. The van der Waals surface area contributed by atoms with E-state index in [2.05, 4.69) is 29.1 Å². The number of nitrogens with zero attached hydrogens (tertiary/aromatic N) is 4. The molecule has 7 heteroatoms. The van der Waals surface area contributed by atoms with Crippen LogP contribution in [0.5, 0.6) is 5.75 Å². The molecule has 0 spiro atoms. The molecule has 0 aliphatic carbocycles. The first-order valence-electron chi connectivity index (χ1n) is 8.75. The van der Waals surface area contributed by atoms with E-state index in [1.807, 2.05) is 17.7 Å². The molecule has 4 rings (SSSR count). The molecule has 1 N–H and O–H groups in total. The lowest BCUT2D eigenvalue weighted by Gasteiger charge is -2.32. The standard InChI is InChI=1S/C19H22ClN5O/c1-10-16(20)5-14(18(26-4)17(10)13-6-21-7-13)12(3)25-19-15(11(2)24-25)8-22-9-23-19/h5,8-9,12-13,21H,6-7H2,1-4H3. The summed E-state index contributed by atoms with van der Waals surface area (Å²) in [5.74, 6) is 1.33. The molecule has 3 aromatic rings. The number of hydrogen-bond acceptors (Lipinski definition) is 5. The van der Waals surface area contributed by atoms with Crippen molar-refractivity contribution in [2.75, 3.05) is 20.2 Å². The number of nitrogens with one attached hydrogen (secondary N) is 1. The number of benzene rings is 1. The highest BCUT2D eigenvalue weighted by molar-refractivity contribution is 6.31. The number of rotatable bonds is 4. The summed E-state index contributed by atoms with van der Waals surface area (Å²) < 4.78 is 7.80. The van der Waals surface area contributed by atoms with Gasteiger partial charge in [0.25, 0.3) is 0 Å². The van der Waals surface area contributed by atoms with Gasteiger partial charge in [-0.3, -0.25) is 0 Å². The lowest BCUT2D eigenvalue weighted by molar-refractivity contribution is 0.374. The molecule has 6 nitrogen and oxygen atoms in total. The zero-order valence-electron chi connectivity index (χ0n) is 15.4. The Morgan fingerprint density at radius 1 is 1.35 bits per heavy atom. The molecule has 1 aliphatic rings. The van der Waals surface area contributed by atoms with E-state index in [1.54, 1.807) is 19.6 Å². The molecule has 1 aromatic carbocycles. The fraction of sp³-hybridized carbons (Fsp3) is 0.421. The quantitative estimate of drug-likeness (QED) is 0.761. The van der Waals surface area contributed by atoms with Crippen LogP contribution in [-0.4, -0.2) is 39.9 Å². The Morgan fingerprint density at radius 3 is 2.77 bits per heavy atom. The van der Waals surface area contributed by atoms with Crippen LogP contribution in [0.2, 0.25) is 5.02 Å². The minimum absolute atomic E-state index is 0.0686. The summed E-state index contributed by atoms with van der Waals surface area (Å²) in [6, 6.07) is 1.93. The van der Waals surface area contributed by atoms with E-state index in [9.17, 15) is 0 Å². The molecule has 1 aliphatic heterocycles. The van der Waals surface area contributed by atoms with Crippen LogP contribution in [-0.2, 0) is 0 Å². The van der Waals surface area contributed by atoms with Crippen LogP contribution in [0.25, 0.3) is 11.0 Å². The molecular weight excluding hydrogens is 350 g/mol. The summed E-state index contributed by atoms with van der Waals surface area (Å²) >= 11 is 6.60. The molecular formula is C19H22ClN5O. The minimum atomic E-state index is -0.0686. The van der Waals surface area contributed by atoms with Crippen molar-refractivity contribution in [3.8, 4) is 5.75 Å². The fourth-order valence-corrected chi connectivity index (χ4v) is 3.93. The van der Waals surface area contributed by atoms with Crippen LogP contribution in [0.15, 0.2) is 18.6 Å². The molecule has 2 aromatic heterocycles. The van der Waals surface area contributed by atoms with Gasteiger partial charge in [-0.05, 0) is 32.4 Å². The lowest BCUT2D eigenvalue weighted by Crippen LogP contribution is -2.40. The molecule has 3 heterocycles. The van der Waals surface area contributed by atoms with Gasteiger partial charge in [-0.25, -0.2) is 14.6 Å². The van der Waals surface area contributed by atoms with E-state index in [0.717, 1.165) is 51.7 Å². The fourth-order valence-electron chi connectivity index (χ4n) is 3.71. The number of hydrogen-bond donors (Lipinski definition) is 1. The van der Waals surface area contributed by atoms with Crippen molar-refractivity contribution in [2.24, 2.45) is 0 Å². The molecule has 1 unspecified atom stereocenters. The first-order chi connectivity index (χ1) is 12.5. The zero-order chi connectivity index (χ0) is 18.4. The Morgan fingerprint density at radius 2 is 2.12 bits per heavy atom. The Bertz CT molecular complexity index is 980. The number of methoxy groups -OCH3 is 1. The second-order valence-electron chi connectivity index (χ2n) is 6.84. The van der Waals surface area contributed by atoms with Crippen LogP contribution >= 0.6 is 11.6 Å². The van der Waals surface area contributed by atoms with Crippen LogP contribution in [0.3, 0.4) is 0 Å². The summed E-state index contributed by atoms with van der Waals surface area (Å²) in [6.45, 7) is 8.03. The Hall–Kier alpha value is -2.18. The second kappa shape index (κ2) is 6.52. The molecule has 0 radical (unpaired) electrons. The van der Waals surface area contributed by atoms with Gasteiger partial charge in [0.05, 0.1) is 24.2 Å². The third-order valence-corrected chi connectivity index (χ3v) is 5.71. The van der Waals surface area contributed by atoms with E-state index in [-0.39, 0.29) is 6.04 Å². The van der Waals surface area contributed by atoms with Crippen molar-refractivity contribution in [3.05, 3.63) is 46.0 Å². The highest BCUT2D eigenvalue weighted by atomic mass is 35.5. The zero-order valence-corrected chi connectivity index (χ0v) is 16.1. The van der Waals surface area contributed by atoms with Gasteiger partial charge in [0, 0.05) is 41.4 Å². The second-order valence-corrected chi connectivity index (χ2v) is 7.25. The minimum Gasteiger partial charge on any atom is -0.496 e. The van der Waals surface area contributed by atoms with E-state index in [0.29, 0.717) is 5.92 Å². The Balaban J connectivity index is 1.90. The number of halogens is 1. The summed E-state index contributed by atoms with van der Waals surface area (Å²) in [5.41, 5.74) is 5.04. The first-order valence-corrected chi connectivity index (χ1v) is 9.13. The molecule has 0 saturated carbocycles. The van der Waals surface area contributed by atoms with Gasteiger partial charge in [0.1, 0.15) is 12.1 Å². The third-order valence-electron chi connectivity index (χ3n) is 5.32. The van der Waals surface area contributed by atoms with Crippen molar-refractivity contribution < 1.29 is 4.74 Å². The van der Waals surface area contributed by atoms with Gasteiger partial charge in [-0.1, -0.05) is 11.6 Å². The van der Waals surface area contributed by atoms with Crippen LogP contribution in [0.4, 0.5) is 0 Å². The largest absolute Gasteiger partial charge is 0.496 e. The smallest absolute Gasteiger partial charge is 0.161 e. The van der Waals surface area contributed by atoms with Crippen molar-refractivity contribution in [1.82, 2.24) is 25.1 Å². The lowest BCUT2D eigenvalue weighted by atomic mass is 9.86. The van der Waals surface area contributed by atoms with Crippen LogP contribution < -0.4 is 10.1 Å². The maximum atomic E-state index is 6.60. The van der Waals surface area contributed by atoms with E-state index in [1.165, 1.54) is 5.56 Å². The Labute approximate surface area is 157 Å². The monoisotopic (exact) mass is 371 g/mol. The molecule has 26 heavy (non-hydrogen) atoms. The highest BCUT2D eigenvalue weighted by Gasteiger charge is 2.29. The molecule has 136 valence electrons. The van der Waals surface area contributed by atoms with Gasteiger partial charge in [0.2, 0.25) is 0 Å². The number of fused-ring (bicyclic) bond motifs is 1. The predicted molar refractivity (Wildman–Crippen MR) is 102 cm³/mol. The topological polar surface area (TPSA) is 64.9 Å². The Kier molecular flexibility index (Phi) is 4.32. The SMILES string of the molecule is COc1c(C(C)n2nc(C)c3cncnc32)cc(Cl)c(C)c1C1CNC1. The molecule has 0 bridgehead atoms. The molecule has 1 saturated heterocycles. The predicted octanol–water partition coefficient (Wildman–Crippen LogP) is 3.40. The molecule has 1 atom stereocenters. The van der Waals surface area contributed by atoms with E-state index in [4.69, 9.17) is 21.4 Å². The maximum Gasteiger partial charge on any atom is 0.161 e. The van der Waals surface area contributed by atoms with Crippen molar-refractivity contribution >= 4 is 22.6 Å². The van der Waals surface area contributed by atoms with E-state index < -0.39 is 0 Å². The van der Waals surface area contributed by atoms with Crippen LogP contribution in [0.1, 0.15) is 41.3 Å². The highest BCUT2D eigenvalue weighted by Crippen LogP contribution is 2.42. The summed E-state index contributed by atoms with van der Waals surface area (Å²) in [6.07, 6.45) is 3.36. The van der Waals surface area contributed by atoms with Crippen molar-refractivity contribution in [3.63, 3.8) is 0 Å². The van der Waals surface area contributed by atoms with Crippen molar-refractivity contribution in [1.29, 1.82) is 0 Å². The molecule has 0 amide bonds. The average molecular weight is 372 g/mol. The summed E-state index contributed by atoms with van der Waals surface area (Å²) in [5, 5.41) is 9.76. The first kappa shape index (κ1) is 17.2. The van der Waals surface area contributed by atoms with Gasteiger partial charge >= 0.3 is 0 Å². The number of aryl methyl sites for hydroxylation is 1. The normalized spacial score (nSPS) is 15.9.